The summed E-state index contributed by atoms with van der Waals surface area (Å²) in [7, 11) is 0. The van der Waals surface area contributed by atoms with Gasteiger partial charge in [-0.1, -0.05) is 19.3 Å². The van der Waals surface area contributed by atoms with E-state index in [1.807, 2.05) is 20.8 Å². The molecule has 1 saturated heterocycles. The Morgan fingerprint density at radius 1 is 1.33 bits per heavy atom. The second kappa shape index (κ2) is 6.53. The van der Waals surface area contributed by atoms with Crippen molar-refractivity contribution in [1.29, 1.82) is 0 Å². The van der Waals surface area contributed by atoms with Crippen LogP contribution in [-0.4, -0.2) is 53.0 Å². The normalized spacial score (nSPS) is 25.9. The first kappa shape index (κ1) is 16.6. The average Bonchev–Trinajstić information content (AvgIpc) is 2.84. The summed E-state index contributed by atoms with van der Waals surface area (Å²) >= 11 is 0. The molecule has 0 aromatic rings. The molecule has 2 N–H and O–H groups in total. The lowest BCUT2D eigenvalue weighted by Crippen LogP contribution is -2.46. The molecule has 1 aliphatic heterocycles. The summed E-state index contributed by atoms with van der Waals surface area (Å²) in [6, 6.07) is 0.267. The molecular weight excluding hydrogens is 268 g/mol. The summed E-state index contributed by atoms with van der Waals surface area (Å²) in [4.78, 5) is 13.8. The lowest BCUT2D eigenvalue weighted by molar-refractivity contribution is 0.00266. The Labute approximate surface area is 128 Å². The van der Waals surface area contributed by atoms with Gasteiger partial charge >= 0.3 is 6.09 Å². The predicted molar refractivity (Wildman–Crippen MR) is 82.2 cm³/mol. The third kappa shape index (κ3) is 5.15. The first-order valence-corrected chi connectivity index (χ1v) is 8.21. The van der Waals surface area contributed by atoms with E-state index in [0.29, 0.717) is 13.1 Å². The number of hydrogen-bond donors (Lipinski definition) is 2. The first-order valence-electron chi connectivity index (χ1n) is 8.21. The highest BCUT2D eigenvalue weighted by Gasteiger charge is 2.33. The SMILES string of the molecule is CC(C)(C)OC(=O)N1CCC(NCC2(O)CCCCC2)C1. The van der Waals surface area contributed by atoms with Crippen molar-refractivity contribution >= 4 is 6.09 Å². The zero-order valence-electron chi connectivity index (χ0n) is 13.7. The molecule has 5 nitrogen and oxygen atoms in total. The molecule has 2 fully saturated rings. The molecule has 1 amide bonds. The fourth-order valence-electron chi connectivity index (χ4n) is 3.14. The van der Waals surface area contributed by atoms with E-state index in [1.54, 1.807) is 4.90 Å². The molecule has 0 aromatic heterocycles. The molecule has 5 heteroatoms. The van der Waals surface area contributed by atoms with Crippen molar-refractivity contribution in [3.05, 3.63) is 0 Å². The Morgan fingerprint density at radius 2 is 2.00 bits per heavy atom. The monoisotopic (exact) mass is 298 g/mol. The fourth-order valence-corrected chi connectivity index (χ4v) is 3.14. The van der Waals surface area contributed by atoms with Gasteiger partial charge in [0.1, 0.15) is 5.60 Å². The summed E-state index contributed by atoms with van der Waals surface area (Å²) in [5.74, 6) is 0. The second-order valence-electron chi connectivity index (χ2n) is 7.58. The lowest BCUT2D eigenvalue weighted by atomic mass is 9.85. The Bertz CT molecular complexity index is 359. The van der Waals surface area contributed by atoms with Crippen LogP contribution in [0.3, 0.4) is 0 Å². The number of carbonyl (C=O) groups excluding carboxylic acids is 1. The third-order valence-corrected chi connectivity index (χ3v) is 4.34. The van der Waals surface area contributed by atoms with Crippen LogP contribution in [0, 0.1) is 0 Å². The zero-order valence-corrected chi connectivity index (χ0v) is 13.7. The molecule has 2 rings (SSSR count). The number of hydrogen-bond acceptors (Lipinski definition) is 4. The molecule has 1 heterocycles. The van der Waals surface area contributed by atoms with Gasteiger partial charge in [0.05, 0.1) is 5.60 Å². The van der Waals surface area contributed by atoms with E-state index in [4.69, 9.17) is 4.74 Å². The van der Waals surface area contributed by atoms with E-state index in [0.717, 1.165) is 38.6 Å². The van der Waals surface area contributed by atoms with Gasteiger partial charge in [-0.2, -0.15) is 0 Å². The van der Waals surface area contributed by atoms with Gasteiger partial charge < -0.3 is 20.1 Å². The Kier molecular flexibility index (Phi) is 5.15. The highest BCUT2D eigenvalue weighted by atomic mass is 16.6. The maximum atomic E-state index is 12.0. The van der Waals surface area contributed by atoms with Crippen molar-refractivity contribution in [2.24, 2.45) is 0 Å². The molecule has 1 unspecified atom stereocenters. The average molecular weight is 298 g/mol. The summed E-state index contributed by atoms with van der Waals surface area (Å²) in [6.45, 7) is 7.69. The van der Waals surface area contributed by atoms with Crippen LogP contribution in [-0.2, 0) is 4.74 Å². The minimum Gasteiger partial charge on any atom is -0.444 e. The maximum absolute atomic E-state index is 12.0. The number of amides is 1. The Hall–Kier alpha value is -0.810. The van der Waals surface area contributed by atoms with Gasteiger partial charge in [0.15, 0.2) is 0 Å². The summed E-state index contributed by atoms with van der Waals surface area (Å²) < 4.78 is 5.39. The van der Waals surface area contributed by atoms with Gasteiger partial charge in [-0.15, -0.1) is 0 Å². The molecule has 0 aromatic carbocycles. The van der Waals surface area contributed by atoms with Crippen molar-refractivity contribution < 1.29 is 14.6 Å². The molecule has 0 radical (unpaired) electrons. The van der Waals surface area contributed by atoms with Crippen molar-refractivity contribution in [1.82, 2.24) is 10.2 Å². The second-order valence-corrected chi connectivity index (χ2v) is 7.58. The highest BCUT2D eigenvalue weighted by molar-refractivity contribution is 5.68. The van der Waals surface area contributed by atoms with Crippen molar-refractivity contribution in [3.63, 3.8) is 0 Å². The van der Waals surface area contributed by atoms with Gasteiger partial charge in [0, 0.05) is 25.7 Å². The summed E-state index contributed by atoms with van der Waals surface area (Å²) in [5, 5.41) is 13.9. The molecule has 1 saturated carbocycles. The molecule has 122 valence electrons. The van der Waals surface area contributed by atoms with Crippen LogP contribution in [0.2, 0.25) is 0 Å². The zero-order chi connectivity index (χ0) is 15.5. The first-order chi connectivity index (χ1) is 9.77. The fraction of sp³-hybridized carbons (Fsp3) is 0.938. The molecule has 1 aliphatic carbocycles. The van der Waals surface area contributed by atoms with Gasteiger partial charge in [0.2, 0.25) is 0 Å². The minimum atomic E-state index is -0.544. The lowest BCUT2D eigenvalue weighted by Gasteiger charge is -2.33. The van der Waals surface area contributed by atoms with Crippen molar-refractivity contribution in [3.8, 4) is 0 Å². The number of nitrogens with zero attached hydrogens (tertiary/aromatic N) is 1. The van der Waals surface area contributed by atoms with Crippen LogP contribution < -0.4 is 5.32 Å². The minimum absolute atomic E-state index is 0.233. The van der Waals surface area contributed by atoms with Crippen molar-refractivity contribution in [2.45, 2.75) is 76.5 Å². The molecule has 0 bridgehead atoms. The van der Waals surface area contributed by atoms with Crippen LogP contribution in [0.15, 0.2) is 0 Å². The van der Waals surface area contributed by atoms with E-state index in [2.05, 4.69) is 5.32 Å². The third-order valence-electron chi connectivity index (χ3n) is 4.34. The smallest absolute Gasteiger partial charge is 0.410 e. The van der Waals surface area contributed by atoms with Crippen LogP contribution in [0.5, 0.6) is 0 Å². The Balaban J connectivity index is 1.74. The highest BCUT2D eigenvalue weighted by Crippen LogP contribution is 2.27. The predicted octanol–water partition coefficient (Wildman–Crippen LogP) is 2.28. The quantitative estimate of drug-likeness (QED) is 0.839. The number of rotatable bonds is 3. The van der Waals surface area contributed by atoms with Gasteiger partial charge in [-0.25, -0.2) is 4.79 Å². The molecule has 1 atom stereocenters. The van der Waals surface area contributed by atoms with Crippen LogP contribution in [0.1, 0.15) is 59.3 Å². The number of aliphatic hydroxyl groups is 1. The molecular formula is C16H30N2O3. The number of likely N-dealkylation sites (tertiary alicyclic amines) is 1. The number of ether oxygens (including phenoxy) is 1. The largest absolute Gasteiger partial charge is 0.444 e. The standard InChI is InChI=1S/C16H30N2O3/c1-15(2,3)21-14(19)18-10-7-13(11-18)17-12-16(20)8-5-4-6-9-16/h13,17,20H,4-12H2,1-3H3. The van der Waals surface area contributed by atoms with E-state index in [1.165, 1.54) is 6.42 Å². The molecule has 21 heavy (non-hydrogen) atoms. The molecule has 0 spiro atoms. The number of nitrogens with one attached hydrogen (secondary N) is 1. The van der Waals surface area contributed by atoms with Crippen LogP contribution in [0.4, 0.5) is 4.79 Å². The van der Waals surface area contributed by atoms with E-state index in [-0.39, 0.29) is 12.1 Å². The Morgan fingerprint density at radius 3 is 2.62 bits per heavy atom. The van der Waals surface area contributed by atoms with E-state index < -0.39 is 11.2 Å². The van der Waals surface area contributed by atoms with Crippen LogP contribution in [0.25, 0.3) is 0 Å². The number of carbonyl (C=O) groups is 1. The summed E-state index contributed by atoms with van der Waals surface area (Å²) in [5.41, 5.74) is -0.989. The van der Waals surface area contributed by atoms with Crippen LogP contribution >= 0.6 is 0 Å². The van der Waals surface area contributed by atoms with E-state index >= 15 is 0 Å². The van der Waals surface area contributed by atoms with Crippen molar-refractivity contribution in [2.75, 3.05) is 19.6 Å². The molecule has 2 aliphatic rings. The summed E-state index contributed by atoms with van der Waals surface area (Å²) in [6.07, 6.45) is 5.95. The maximum Gasteiger partial charge on any atom is 0.410 e. The van der Waals surface area contributed by atoms with E-state index in [9.17, 15) is 9.90 Å². The van der Waals surface area contributed by atoms with Gasteiger partial charge in [-0.3, -0.25) is 0 Å². The van der Waals surface area contributed by atoms with Gasteiger partial charge in [0.25, 0.3) is 0 Å². The topological polar surface area (TPSA) is 61.8 Å². The van der Waals surface area contributed by atoms with Gasteiger partial charge in [-0.05, 0) is 40.0 Å².